The van der Waals surface area contributed by atoms with Gasteiger partial charge in [-0.25, -0.2) is 8.42 Å². The van der Waals surface area contributed by atoms with Crippen LogP contribution in [0.4, 0.5) is 0 Å². The van der Waals surface area contributed by atoms with Crippen LogP contribution in [-0.4, -0.2) is 19.9 Å². The van der Waals surface area contributed by atoms with Gasteiger partial charge in [0.1, 0.15) is 4.90 Å². The number of rotatable bonds is 4. The molecule has 0 radical (unpaired) electrons. The number of halogens is 3. The molecule has 0 aliphatic rings. The van der Waals surface area contributed by atoms with Crippen LogP contribution < -0.4 is 5.32 Å². The van der Waals surface area contributed by atoms with Crippen molar-refractivity contribution < 1.29 is 13.2 Å². The van der Waals surface area contributed by atoms with Crippen LogP contribution in [0.3, 0.4) is 0 Å². The van der Waals surface area contributed by atoms with Gasteiger partial charge < -0.3 is 5.32 Å². The third-order valence-electron chi connectivity index (χ3n) is 2.86. The molecule has 0 aromatic heterocycles. The summed E-state index contributed by atoms with van der Waals surface area (Å²) in [4.78, 5) is 11.7. The van der Waals surface area contributed by atoms with Crippen molar-refractivity contribution in [2.45, 2.75) is 37.6 Å². The summed E-state index contributed by atoms with van der Waals surface area (Å²) in [5, 5.41) is 2.52. The van der Waals surface area contributed by atoms with Gasteiger partial charge in [0.15, 0.2) is 0 Å². The third-order valence-corrected chi connectivity index (χ3v) is 5.12. The minimum Gasteiger partial charge on any atom is -0.347 e. The van der Waals surface area contributed by atoms with Crippen LogP contribution in [0, 0.1) is 0 Å². The molecule has 1 N–H and O–H groups in total. The summed E-state index contributed by atoms with van der Waals surface area (Å²) in [6, 6.07) is 2.41. The van der Waals surface area contributed by atoms with E-state index in [1.165, 1.54) is 6.07 Å². The van der Waals surface area contributed by atoms with Crippen LogP contribution in [0.5, 0.6) is 0 Å². The zero-order valence-electron chi connectivity index (χ0n) is 11.1. The molecule has 1 rings (SSSR count). The Morgan fingerprint density at radius 1 is 1.30 bits per heavy atom. The molecule has 0 atom stereocenters. The Kier molecular flexibility index (Phi) is 5.35. The van der Waals surface area contributed by atoms with Crippen LogP contribution in [0.15, 0.2) is 17.0 Å². The summed E-state index contributed by atoms with van der Waals surface area (Å²) in [6.07, 6.45) is 0.709. The predicted octanol–water partition coefficient (Wildman–Crippen LogP) is 3.84. The van der Waals surface area contributed by atoms with Gasteiger partial charge in [-0.2, -0.15) is 0 Å². The number of carbonyl (C=O) groups is 1. The predicted molar refractivity (Wildman–Crippen MR) is 81.3 cm³/mol. The van der Waals surface area contributed by atoms with Crippen LogP contribution in [0.25, 0.3) is 0 Å². The van der Waals surface area contributed by atoms with Crippen LogP contribution in [0.2, 0.25) is 10.0 Å². The van der Waals surface area contributed by atoms with Gasteiger partial charge in [-0.3, -0.25) is 4.79 Å². The van der Waals surface area contributed by atoms with Crippen molar-refractivity contribution in [1.82, 2.24) is 5.32 Å². The summed E-state index contributed by atoms with van der Waals surface area (Å²) in [5.74, 6) is -0.447. The SMILES string of the molecule is CCC(C)(C)NC(=O)c1cc(Cl)c(Cl)c(S(=O)(=O)Cl)c1. The second-order valence-corrected chi connectivity index (χ2v) is 8.22. The fourth-order valence-electron chi connectivity index (χ4n) is 1.34. The van der Waals surface area contributed by atoms with Gasteiger partial charge in [-0.15, -0.1) is 0 Å². The normalized spacial score (nSPS) is 12.3. The van der Waals surface area contributed by atoms with E-state index in [9.17, 15) is 13.2 Å². The molecule has 20 heavy (non-hydrogen) atoms. The van der Waals surface area contributed by atoms with Crippen molar-refractivity contribution in [2.75, 3.05) is 0 Å². The maximum atomic E-state index is 12.1. The molecule has 4 nitrogen and oxygen atoms in total. The van der Waals surface area contributed by atoms with E-state index in [1.54, 1.807) is 0 Å². The minimum atomic E-state index is -4.09. The highest BCUT2D eigenvalue weighted by Gasteiger charge is 2.23. The van der Waals surface area contributed by atoms with E-state index in [-0.39, 0.29) is 20.5 Å². The molecule has 0 fully saturated rings. The van der Waals surface area contributed by atoms with E-state index in [4.69, 9.17) is 33.9 Å². The number of hydrogen-bond donors (Lipinski definition) is 1. The van der Waals surface area contributed by atoms with E-state index >= 15 is 0 Å². The van der Waals surface area contributed by atoms with Gasteiger partial charge in [0.2, 0.25) is 0 Å². The van der Waals surface area contributed by atoms with Crippen LogP contribution in [-0.2, 0) is 9.05 Å². The number of carbonyl (C=O) groups excluding carboxylic acids is 1. The van der Waals surface area contributed by atoms with Crippen molar-refractivity contribution in [2.24, 2.45) is 0 Å². The van der Waals surface area contributed by atoms with Gasteiger partial charge in [-0.05, 0) is 32.4 Å². The average Bonchev–Trinajstić information content (AvgIpc) is 2.30. The van der Waals surface area contributed by atoms with Gasteiger partial charge >= 0.3 is 0 Å². The average molecular weight is 359 g/mol. The van der Waals surface area contributed by atoms with Crippen LogP contribution in [0.1, 0.15) is 37.6 Å². The summed E-state index contributed by atoms with van der Waals surface area (Å²) in [7, 11) is 1.18. The number of hydrogen-bond acceptors (Lipinski definition) is 3. The lowest BCUT2D eigenvalue weighted by Gasteiger charge is -2.24. The van der Waals surface area contributed by atoms with Gasteiger partial charge in [0.25, 0.3) is 15.0 Å². The number of benzene rings is 1. The van der Waals surface area contributed by atoms with Gasteiger partial charge in [0, 0.05) is 21.8 Å². The molecule has 0 spiro atoms. The first-order valence-electron chi connectivity index (χ1n) is 5.74. The summed E-state index contributed by atoms with van der Waals surface area (Å²) < 4.78 is 22.8. The first-order valence-corrected chi connectivity index (χ1v) is 8.80. The zero-order chi connectivity index (χ0) is 15.7. The molecule has 0 aliphatic heterocycles. The topological polar surface area (TPSA) is 63.2 Å². The van der Waals surface area contributed by atoms with Crippen molar-refractivity contribution >= 4 is 48.8 Å². The molecule has 1 aromatic carbocycles. The van der Waals surface area contributed by atoms with E-state index < -0.39 is 20.5 Å². The Bertz CT molecular complexity index is 642. The molecule has 0 heterocycles. The Morgan fingerprint density at radius 3 is 2.30 bits per heavy atom. The fraction of sp³-hybridized carbons (Fsp3) is 0.417. The van der Waals surface area contributed by atoms with E-state index in [1.807, 2.05) is 20.8 Å². The first kappa shape index (κ1) is 17.6. The fourth-order valence-corrected chi connectivity index (χ4v) is 3.10. The monoisotopic (exact) mass is 357 g/mol. The molecule has 0 unspecified atom stereocenters. The Hall–Kier alpha value is -0.490. The molecule has 0 aliphatic carbocycles. The lowest BCUT2D eigenvalue weighted by Crippen LogP contribution is -2.42. The number of nitrogens with one attached hydrogen (secondary N) is 1. The van der Waals surface area contributed by atoms with Gasteiger partial charge in [-0.1, -0.05) is 30.1 Å². The smallest absolute Gasteiger partial charge is 0.262 e. The number of amides is 1. The molecule has 112 valence electrons. The molecular formula is C12H14Cl3NO3S. The van der Waals surface area contributed by atoms with E-state index in [2.05, 4.69) is 5.32 Å². The summed E-state index contributed by atoms with van der Waals surface area (Å²) >= 11 is 11.6. The van der Waals surface area contributed by atoms with Gasteiger partial charge in [0.05, 0.1) is 10.0 Å². The lowest BCUT2D eigenvalue weighted by atomic mass is 10.0. The highest BCUT2D eigenvalue weighted by atomic mass is 35.7. The van der Waals surface area contributed by atoms with Crippen LogP contribution >= 0.6 is 33.9 Å². The molecular weight excluding hydrogens is 345 g/mol. The quantitative estimate of drug-likeness (QED) is 0.832. The Morgan fingerprint density at radius 2 is 1.85 bits per heavy atom. The Balaban J connectivity index is 3.28. The highest BCUT2D eigenvalue weighted by Crippen LogP contribution is 2.32. The summed E-state index contributed by atoms with van der Waals surface area (Å²) in [6.45, 7) is 5.62. The van der Waals surface area contributed by atoms with E-state index in [0.29, 0.717) is 6.42 Å². The lowest BCUT2D eigenvalue weighted by molar-refractivity contribution is 0.0911. The van der Waals surface area contributed by atoms with Crippen molar-refractivity contribution in [3.63, 3.8) is 0 Å². The summed E-state index contributed by atoms with van der Waals surface area (Å²) in [5.41, 5.74) is -0.344. The minimum absolute atomic E-state index is 0.0483. The maximum Gasteiger partial charge on any atom is 0.262 e. The largest absolute Gasteiger partial charge is 0.347 e. The Labute approximate surface area is 132 Å². The van der Waals surface area contributed by atoms with Crippen molar-refractivity contribution in [3.05, 3.63) is 27.7 Å². The highest BCUT2D eigenvalue weighted by molar-refractivity contribution is 8.13. The zero-order valence-corrected chi connectivity index (χ0v) is 14.2. The molecule has 0 saturated heterocycles. The first-order chi connectivity index (χ1) is 8.98. The molecule has 0 saturated carbocycles. The second-order valence-electron chi connectivity index (χ2n) is 4.90. The maximum absolute atomic E-state index is 12.1. The molecule has 1 amide bonds. The standard InChI is InChI=1S/C12H14Cl3NO3S/c1-4-12(2,3)16-11(17)7-5-8(13)10(14)9(6-7)20(15,18)19/h5-6H,4H2,1-3H3,(H,16,17). The second kappa shape index (κ2) is 6.10. The van der Waals surface area contributed by atoms with Crippen molar-refractivity contribution in [1.29, 1.82) is 0 Å². The molecule has 0 bridgehead atoms. The molecule has 8 heteroatoms. The van der Waals surface area contributed by atoms with Crippen molar-refractivity contribution in [3.8, 4) is 0 Å². The third kappa shape index (κ3) is 4.25. The van der Waals surface area contributed by atoms with E-state index in [0.717, 1.165) is 6.07 Å². The molecule has 1 aromatic rings.